The third-order valence-corrected chi connectivity index (χ3v) is 3.87. The van der Waals surface area contributed by atoms with E-state index in [1.54, 1.807) is 11.8 Å². The van der Waals surface area contributed by atoms with Gasteiger partial charge in [-0.3, -0.25) is 9.59 Å². The molecule has 1 rings (SSSR count). The largest absolute Gasteiger partial charge is 0.396 e. The van der Waals surface area contributed by atoms with Crippen molar-refractivity contribution in [3.8, 4) is 0 Å². The van der Waals surface area contributed by atoms with Gasteiger partial charge in [0.2, 0.25) is 5.91 Å². The molecule has 112 valence electrons. The summed E-state index contributed by atoms with van der Waals surface area (Å²) in [5.74, 6) is 0.281. The minimum atomic E-state index is -0.246. The van der Waals surface area contributed by atoms with E-state index < -0.39 is 0 Å². The van der Waals surface area contributed by atoms with Gasteiger partial charge in [0.05, 0.1) is 5.75 Å². The van der Waals surface area contributed by atoms with Gasteiger partial charge in [-0.1, -0.05) is 11.8 Å². The molecule has 0 unspecified atom stereocenters. The van der Waals surface area contributed by atoms with Gasteiger partial charge in [-0.15, -0.1) is 0 Å². The number of aliphatic hydroxyl groups is 1. The van der Waals surface area contributed by atoms with Crippen molar-refractivity contribution in [2.45, 2.75) is 32.3 Å². The summed E-state index contributed by atoms with van der Waals surface area (Å²) in [6, 6.07) is 0. The number of aryl methyl sites for hydroxylation is 1. The molecule has 0 radical (unpaired) electrons. The van der Waals surface area contributed by atoms with E-state index in [9.17, 15) is 9.59 Å². The van der Waals surface area contributed by atoms with Crippen molar-refractivity contribution < 1.29 is 9.90 Å². The predicted octanol–water partition coefficient (Wildman–Crippen LogP) is 0.574. The highest BCUT2D eigenvalue weighted by atomic mass is 32.2. The van der Waals surface area contributed by atoms with Crippen LogP contribution in [0.15, 0.2) is 9.95 Å². The van der Waals surface area contributed by atoms with Crippen LogP contribution in [0.4, 0.5) is 0 Å². The van der Waals surface area contributed by atoms with Crippen LogP contribution in [0.3, 0.4) is 0 Å². The van der Waals surface area contributed by atoms with Crippen LogP contribution >= 0.6 is 11.8 Å². The van der Waals surface area contributed by atoms with Crippen LogP contribution in [0.2, 0.25) is 0 Å². The van der Waals surface area contributed by atoms with Crippen LogP contribution in [0.5, 0.6) is 0 Å². The number of rotatable bonds is 7. The zero-order chi connectivity index (χ0) is 15.1. The van der Waals surface area contributed by atoms with Crippen LogP contribution in [0.25, 0.3) is 0 Å². The minimum absolute atomic E-state index is 0.0275. The molecule has 1 aromatic rings. The third kappa shape index (κ3) is 4.35. The van der Waals surface area contributed by atoms with Gasteiger partial charge in [0.1, 0.15) is 0 Å². The molecule has 0 atom stereocenters. The molecule has 7 heteroatoms. The van der Waals surface area contributed by atoms with Crippen LogP contribution in [0, 0.1) is 6.92 Å². The molecule has 0 saturated heterocycles. The van der Waals surface area contributed by atoms with Crippen molar-refractivity contribution >= 4 is 17.7 Å². The van der Waals surface area contributed by atoms with Crippen molar-refractivity contribution in [3.63, 3.8) is 0 Å². The molecular weight excluding hydrogens is 278 g/mol. The smallest absolute Gasteiger partial charge is 0.255 e. The first kappa shape index (κ1) is 16.7. The standard InChI is InChI=1S/C13H21N3O3S/c1-4-16(5-2)11(18)8-20-13-14-9(3)10(6-7-17)12(19)15-13/h17H,4-8H2,1-3H3,(H,14,15,19). The van der Waals surface area contributed by atoms with Crippen LogP contribution in [-0.4, -0.2) is 51.3 Å². The zero-order valence-electron chi connectivity index (χ0n) is 12.1. The van der Waals surface area contributed by atoms with E-state index in [-0.39, 0.29) is 30.2 Å². The predicted molar refractivity (Wildman–Crippen MR) is 79.0 cm³/mol. The average molecular weight is 299 g/mol. The fourth-order valence-electron chi connectivity index (χ4n) is 1.86. The topological polar surface area (TPSA) is 86.3 Å². The number of amides is 1. The first-order valence-electron chi connectivity index (χ1n) is 6.64. The summed E-state index contributed by atoms with van der Waals surface area (Å²) in [6.07, 6.45) is 0.289. The lowest BCUT2D eigenvalue weighted by Crippen LogP contribution is -2.32. The molecule has 1 heterocycles. The monoisotopic (exact) mass is 299 g/mol. The normalized spacial score (nSPS) is 10.6. The Morgan fingerprint density at radius 3 is 2.55 bits per heavy atom. The number of aliphatic hydroxyl groups excluding tert-OH is 1. The number of carbonyl (C=O) groups excluding carboxylic acids is 1. The Bertz CT molecular complexity index is 512. The second kappa shape index (κ2) is 8.06. The summed E-state index contributed by atoms with van der Waals surface area (Å²) < 4.78 is 0. The summed E-state index contributed by atoms with van der Waals surface area (Å²) >= 11 is 1.22. The van der Waals surface area contributed by atoms with E-state index in [2.05, 4.69) is 9.97 Å². The van der Waals surface area contributed by atoms with Gasteiger partial charge >= 0.3 is 0 Å². The molecule has 0 aliphatic heterocycles. The van der Waals surface area contributed by atoms with Crippen molar-refractivity contribution in [1.29, 1.82) is 0 Å². The number of H-pyrrole nitrogens is 1. The van der Waals surface area contributed by atoms with Gasteiger partial charge in [-0.25, -0.2) is 4.98 Å². The fraction of sp³-hybridized carbons (Fsp3) is 0.615. The first-order chi connectivity index (χ1) is 9.53. The lowest BCUT2D eigenvalue weighted by atomic mass is 10.2. The number of carbonyl (C=O) groups is 1. The highest BCUT2D eigenvalue weighted by Gasteiger charge is 2.12. The Morgan fingerprint density at radius 2 is 2.05 bits per heavy atom. The number of nitrogens with zero attached hydrogens (tertiary/aromatic N) is 2. The van der Waals surface area contributed by atoms with E-state index in [0.717, 1.165) is 0 Å². The van der Waals surface area contributed by atoms with Gasteiger partial charge in [0.15, 0.2) is 5.16 Å². The van der Waals surface area contributed by atoms with Gasteiger partial charge in [0, 0.05) is 37.4 Å². The Kier molecular flexibility index (Phi) is 6.74. The molecule has 2 N–H and O–H groups in total. The molecule has 6 nitrogen and oxygen atoms in total. The molecule has 0 saturated carbocycles. The van der Waals surface area contributed by atoms with Gasteiger partial charge in [0.25, 0.3) is 5.56 Å². The molecule has 1 amide bonds. The van der Waals surface area contributed by atoms with Crippen LogP contribution < -0.4 is 5.56 Å². The number of thioether (sulfide) groups is 1. The maximum Gasteiger partial charge on any atom is 0.255 e. The Morgan fingerprint density at radius 1 is 1.40 bits per heavy atom. The van der Waals surface area contributed by atoms with E-state index in [0.29, 0.717) is 29.5 Å². The number of hydrogen-bond acceptors (Lipinski definition) is 5. The number of nitrogens with one attached hydrogen (secondary N) is 1. The molecule has 0 bridgehead atoms. The fourth-order valence-corrected chi connectivity index (χ4v) is 2.67. The van der Waals surface area contributed by atoms with Crippen molar-refractivity contribution in [2.75, 3.05) is 25.4 Å². The maximum atomic E-state index is 11.9. The summed E-state index contributed by atoms with van der Waals surface area (Å²) in [6.45, 7) is 6.86. The summed E-state index contributed by atoms with van der Waals surface area (Å²) in [5.41, 5.74) is 0.844. The van der Waals surface area contributed by atoms with E-state index >= 15 is 0 Å². The quantitative estimate of drug-likeness (QED) is 0.568. The molecule has 0 aliphatic rings. The maximum absolute atomic E-state index is 11.9. The third-order valence-electron chi connectivity index (χ3n) is 3.01. The van der Waals surface area contributed by atoms with E-state index in [4.69, 9.17) is 5.11 Å². The average Bonchev–Trinajstić information content (AvgIpc) is 2.42. The minimum Gasteiger partial charge on any atom is -0.396 e. The highest BCUT2D eigenvalue weighted by molar-refractivity contribution is 7.99. The molecule has 0 aromatic carbocycles. The molecule has 1 aromatic heterocycles. The Hall–Kier alpha value is -1.34. The van der Waals surface area contributed by atoms with E-state index in [1.165, 1.54) is 11.8 Å². The van der Waals surface area contributed by atoms with Gasteiger partial charge in [-0.05, 0) is 20.8 Å². The molecule has 0 aliphatic carbocycles. The lowest BCUT2D eigenvalue weighted by molar-refractivity contribution is -0.127. The SMILES string of the molecule is CCN(CC)C(=O)CSc1nc(C)c(CCO)c(=O)[nH]1. The summed E-state index contributed by atoms with van der Waals surface area (Å²) in [5, 5.41) is 9.33. The number of aromatic amines is 1. The molecular formula is C13H21N3O3S. The molecule has 0 fully saturated rings. The van der Waals surface area contributed by atoms with Crippen molar-refractivity contribution in [2.24, 2.45) is 0 Å². The second-order valence-electron chi connectivity index (χ2n) is 4.26. The zero-order valence-corrected chi connectivity index (χ0v) is 12.9. The molecule has 20 heavy (non-hydrogen) atoms. The first-order valence-corrected chi connectivity index (χ1v) is 7.63. The summed E-state index contributed by atoms with van der Waals surface area (Å²) in [7, 11) is 0. The lowest BCUT2D eigenvalue weighted by Gasteiger charge is -2.18. The van der Waals surface area contributed by atoms with Crippen LogP contribution in [0.1, 0.15) is 25.1 Å². The molecule has 0 spiro atoms. The van der Waals surface area contributed by atoms with Gasteiger partial charge < -0.3 is 15.0 Å². The van der Waals surface area contributed by atoms with Crippen LogP contribution in [-0.2, 0) is 11.2 Å². The Labute approximate surface area is 122 Å². The van der Waals surface area contributed by atoms with Crippen molar-refractivity contribution in [3.05, 3.63) is 21.6 Å². The van der Waals surface area contributed by atoms with E-state index in [1.807, 2.05) is 13.8 Å². The Balaban J connectivity index is 2.75. The second-order valence-corrected chi connectivity index (χ2v) is 5.23. The van der Waals surface area contributed by atoms with Crippen molar-refractivity contribution in [1.82, 2.24) is 14.9 Å². The number of hydrogen-bond donors (Lipinski definition) is 2. The van der Waals surface area contributed by atoms with Gasteiger partial charge in [-0.2, -0.15) is 0 Å². The highest BCUT2D eigenvalue weighted by Crippen LogP contribution is 2.13. The number of aromatic nitrogens is 2. The summed E-state index contributed by atoms with van der Waals surface area (Å²) in [4.78, 5) is 32.3.